The Morgan fingerprint density at radius 3 is 2.70 bits per heavy atom. The van der Waals surface area contributed by atoms with E-state index in [4.69, 9.17) is 9.47 Å². The number of para-hydroxylation sites is 2. The minimum absolute atomic E-state index is 0.595. The Kier molecular flexibility index (Phi) is 6.14. The molecule has 0 bridgehead atoms. The van der Waals surface area contributed by atoms with Gasteiger partial charge in [-0.15, -0.1) is 0 Å². The van der Waals surface area contributed by atoms with Gasteiger partial charge in [-0.05, 0) is 24.3 Å². The molecule has 27 heavy (non-hydrogen) atoms. The minimum atomic E-state index is 0.595. The van der Waals surface area contributed by atoms with Gasteiger partial charge in [0.05, 0.1) is 25.3 Å². The molecule has 1 heterocycles. The molecule has 0 amide bonds. The van der Waals surface area contributed by atoms with Crippen molar-refractivity contribution in [3.05, 3.63) is 53.9 Å². The van der Waals surface area contributed by atoms with Gasteiger partial charge in [0.25, 0.3) is 0 Å². The first-order valence-corrected chi connectivity index (χ1v) is 8.82. The van der Waals surface area contributed by atoms with Crippen LogP contribution in [-0.4, -0.2) is 43.7 Å². The summed E-state index contributed by atoms with van der Waals surface area (Å²) in [5.74, 6) is 3.23. The average molecular weight is 367 g/mol. The van der Waals surface area contributed by atoms with Gasteiger partial charge < -0.3 is 25.1 Å². The Labute approximate surface area is 158 Å². The van der Waals surface area contributed by atoms with Crippen LogP contribution in [0.1, 0.15) is 11.4 Å². The molecule has 0 radical (unpaired) electrons. The molecule has 0 saturated heterocycles. The first kappa shape index (κ1) is 18.6. The molecule has 0 spiro atoms. The summed E-state index contributed by atoms with van der Waals surface area (Å²) < 4.78 is 10.7. The maximum absolute atomic E-state index is 5.43. The number of aromatic amines is 1. The predicted octanol–water partition coefficient (Wildman–Crippen LogP) is 2.49. The number of hydrogen-bond donors (Lipinski definition) is 3. The van der Waals surface area contributed by atoms with Gasteiger partial charge in [0, 0.05) is 38.2 Å². The molecule has 142 valence electrons. The Morgan fingerprint density at radius 1 is 1.11 bits per heavy atom. The molecule has 3 rings (SSSR count). The second kappa shape index (κ2) is 8.93. The number of aliphatic imine (C=N–C) groups is 1. The van der Waals surface area contributed by atoms with Crippen molar-refractivity contribution in [3.63, 3.8) is 0 Å². The number of nitrogens with one attached hydrogen (secondary N) is 3. The second-order valence-electron chi connectivity index (χ2n) is 5.98. The average Bonchev–Trinajstić information content (AvgIpc) is 3.13. The summed E-state index contributed by atoms with van der Waals surface area (Å²) in [5, 5.41) is 6.60. The van der Waals surface area contributed by atoms with Crippen LogP contribution in [0.2, 0.25) is 0 Å². The monoisotopic (exact) mass is 367 g/mol. The summed E-state index contributed by atoms with van der Waals surface area (Å²) in [5.41, 5.74) is 3.07. The third kappa shape index (κ3) is 4.69. The topological polar surface area (TPSA) is 83.6 Å². The SMILES string of the molecule is CN=C(NCCc1nc2ccccc2[nH]1)NCc1ccc(OC)cc1OC. The van der Waals surface area contributed by atoms with Crippen molar-refractivity contribution in [2.75, 3.05) is 27.8 Å². The van der Waals surface area contributed by atoms with Gasteiger partial charge in [0.1, 0.15) is 17.3 Å². The van der Waals surface area contributed by atoms with Gasteiger partial charge in [-0.1, -0.05) is 12.1 Å². The molecule has 0 atom stereocenters. The summed E-state index contributed by atoms with van der Waals surface area (Å²) in [7, 11) is 5.04. The minimum Gasteiger partial charge on any atom is -0.497 e. The maximum Gasteiger partial charge on any atom is 0.191 e. The standard InChI is InChI=1S/C20H25N5O2/c1-21-20(23-13-14-8-9-15(26-2)12-18(14)27-3)22-11-10-19-24-16-6-4-5-7-17(16)25-19/h4-9,12H,10-11,13H2,1-3H3,(H,24,25)(H2,21,22,23). The van der Waals surface area contributed by atoms with E-state index < -0.39 is 0 Å². The largest absolute Gasteiger partial charge is 0.497 e. The van der Waals surface area contributed by atoms with Crippen molar-refractivity contribution in [2.45, 2.75) is 13.0 Å². The fourth-order valence-corrected chi connectivity index (χ4v) is 2.82. The molecule has 7 nitrogen and oxygen atoms in total. The molecule has 0 unspecified atom stereocenters. The fourth-order valence-electron chi connectivity index (χ4n) is 2.82. The van der Waals surface area contributed by atoms with Gasteiger partial charge in [0.2, 0.25) is 0 Å². The van der Waals surface area contributed by atoms with Crippen LogP contribution in [-0.2, 0) is 13.0 Å². The molecular weight excluding hydrogens is 342 g/mol. The fraction of sp³-hybridized carbons (Fsp3) is 0.300. The Balaban J connectivity index is 1.52. The number of hydrogen-bond acceptors (Lipinski definition) is 4. The van der Waals surface area contributed by atoms with E-state index in [2.05, 4.69) is 25.6 Å². The first-order chi connectivity index (χ1) is 13.2. The quantitative estimate of drug-likeness (QED) is 0.441. The molecule has 0 aliphatic carbocycles. The zero-order valence-corrected chi connectivity index (χ0v) is 15.9. The van der Waals surface area contributed by atoms with Gasteiger partial charge in [-0.25, -0.2) is 4.98 Å². The molecule has 1 aromatic heterocycles. The number of aromatic nitrogens is 2. The van der Waals surface area contributed by atoms with E-state index in [1.165, 1.54) is 0 Å². The lowest BCUT2D eigenvalue weighted by Gasteiger charge is -2.14. The lowest BCUT2D eigenvalue weighted by Crippen LogP contribution is -2.38. The van der Waals surface area contributed by atoms with Gasteiger partial charge >= 0.3 is 0 Å². The van der Waals surface area contributed by atoms with Crippen LogP contribution < -0.4 is 20.1 Å². The maximum atomic E-state index is 5.43. The lowest BCUT2D eigenvalue weighted by atomic mass is 10.2. The van der Waals surface area contributed by atoms with E-state index in [1.54, 1.807) is 21.3 Å². The zero-order chi connectivity index (χ0) is 19.1. The Morgan fingerprint density at radius 2 is 1.96 bits per heavy atom. The van der Waals surface area contributed by atoms with Crippen LogP contribution in [0.5, 0.6) is 11.5 Å². The summed E-state index contributed by atoms with van der Waals surface area (Å²) in [6.07, 6.45) is 0.779. The van der Waals surface area contributed by atoms with E-state index in [1.807, 2.05) is 42.5 Å². The molecule has 3 N–H and O–H groups in total. The van der Waals surface area contributed by atoms with E-state index >= 15 is 0 Å². The van der Waals surface area contributed by atoms with Crippen molar-refractivity contribution >= 4 is 17.0 Å². The summed E-state index contributed by atoms with van der Waals surface area (Å²) in [6.45, 7) is 1.32. The molecule has 0 aliphatic rings. The smallest absolute Gasteiger partial charge is 0.191 e. The number of methoxy groups -OCH3 is 2. The highest BCUT2D eigenvalue weighted by Gasteiger charge is 2.07. The van der Waals surface area contributed by atoms with Crippen LogP contribution in [0, 0.1) is 0 Å². The molecule has 2 aromatic carbocycles. The number of fused-ring (bicyclic) bond motifs is 1. The number of ether oxygens (including phenoxy) is 2. The second-order valence-corrected chi connectivity index (χ2v) is 5.98. The number of guanidine groups is 1. The van der Waals surface area contributed by atoms with Crippen LogP contribution in [0.4, 0.5) is 0 Å². The highest BCUT2D eigenvalue weighted by Crippen LogP contribution is 2.24. The summed E-state index contributed by atoms with van der Waals surface area (Å²) in [4.78, 5) is 12.2. The van der Waals surface area contributed by atoms with Crippen molar-refractivity contribution < 1.29 is 9.47 Å². The highest BCUT2D eigenvalue weighted by atomic mass is 16.5. The van der Waals surface area contributed by atoms with E-state index in [0.29, 0.717) is 6.54 Å². The third-order valence-electron chi connectivity index (χ3n) is 4.26. The number of imidazole rings is 1. The van der Waals surface area contributed by atoms with Crippen molar-refractivity contribution in [3.8, 4) is 11.5 Å². The lowest BCUT2D eigenvalue weighted by molar-refractivity contribution is 0.390. The van der Waals surface area contributed by atoms with E-state index in [0.717, 1.165) is 52.8 Å². The van der Waals surface area contributed by atoms with Crippen molar-refractivity contribution in [1.82, 2.24) is 20.6 Å². The normalized spacial score (nSPS) is 11.4. The third-order valence-corrected chi connectivity index (χ3v) is 4.26. The van der Waals surface area contributed by atoms with E-state index in [9.17, 15) is 0 Å². The van der Waals surface area contributed by atoms with E-state index in [-0.39, 0.29) is 0 Å². The Bertz CT molecular complexity index is 887. The van der Waals surface area contributed by atoms with Gasteiger partial charge in [-0.3, -0.25) is 4.99 Å². The van der Waals surface area contributed by atoms with Crippen molar-refractivity contribution in [1.29, 1.82) is 0 Å². The molecule has 0 saturated carbocycles. The van der Waals surface area contributed by atoms with Crippen LogP contribution >= 0.6 is 0 Å². The molecule has 3 aromatic rings. The highest BCUT2D eigenvalue weighted by molar-refractivity contribution is 5.79. The number of rotatable bonds is 7. The van der Waals surface area contributed by atoms with Gasteiger partial charge in [-0.2, -0.15) is 0 Å². The number of benzene rings is 2. The zero-order valence-electron chi connectivity index (χ0n) is 15.9. The number of nitrogens with zero attached hydrogens (tertiary/aromatic N) is 2. The summed E-state index contributed by atoms with van der Waals surface area (Å²) in [6, 6.07) is 13.8. The van der Waals surface area contributed by atoms with Crippen LogP contribution in [0.15, 0.2) is 47.5 Å². The first-order valence-electron chi connectivity index (χ1n) is 8.82. The van der Waals surface area contributed by atoms with Crippen LogP contribution in [0.25, 0.3) is 11.0 Å². The predicted molar refractivity (Wildman–Crippen MR) is 108 cm³/mol. The van der Waals surface area contributed by atoms with Crippen LogP contribution in [0.3, 0.4) is 0 Å². The van der Waals surface area contributed by atoms with Gasteiger partial charge in [0.15, 0.2) is 5.96 Å². The Hall–Kier alpha value is -3.22. The van der Waals surface area contributed by atoms with Crippen molar-refractivity contribution in [2.24, 2.45) is 4.99 Å². The molecule has 0 fully saturated rings. The summed E-state index contributed by atoms with van der Waals surface area (Å²) >= 11 is 0. The molecule has 7 heteroatoms. The molecule has 0 aliphatic heterocycles. The number of H-pyrrole nitrogens is 1. The molecular formula is C20H25N5O2.